The topological polar surface area (TPSA) is 12.5 Å². The van der Waals surface area contributed by atoms with Gasteiger partial charge in [0.15, 0.2) is 0 Å². The van der Waals surface area contributed by atoms with Crippen LogP contribution in [-0.2, 0) is 17.9 Å². The van der Waals surface area contributed by atoms with Gasteiger partial charge in [0, 0.05) is 18.1 Å². The van der Waals surface area contributed by atoms with Gasteiger partial charge in [-0.25, -0.2) is 0 Å². The summed E-state index contributed by atoms with van der Waals surface area (Å²) in [5.41, 5.74) is 2.58. The van der Waals surface area contributed by atoms with Gasteiger partial charge < -0.3 is 4.74 Å². The first-order chi connectivity index (χ1) is 11.3. The second-order valence-electron chi connectivity index (χ2n) is 6.37. The van der Waals surface area contributed by atoms with Crippen molar-refractivity contribution >= 4 is 11.6 Å². The fourth-order valence-corrected chi connectivity index (χ4v) is 3.32. The zero-order chi connectivity index (χ0) is 15.9. The average molecular weight is 330 g/mol. The monoisotopic (exact) mass is 329 g/mol. The molecule has 3 heteroatoms. The first kappa shape index (κ1) is 16.5. The summed E-state index contributed by atoms with van der Waals surface area (Å²) >= 11 is 5.96. The van der Waals surface area contributed by atoms with E-state index in [2.05, 4.69) is 41.3 Å². The van der Waals surface area contributed by atoms with E-state index in [9.17, 15) is 0 Å². The Balaban J connectivity index is 1.43. The van der Waals surface area contributed by atoms with Crippen LogP contribution in [0.15, 0.2) is 54.6 Å². The molecule has 0 N–H and O–H groups in total. The van der Waals surface area contributed by atoms with Gasteiger partial charge in [-0.3, -0.25) is 4.90 Å². The molecule has 3 rings (SSSR count). The van der Waals surface area contributed by atoms with Crippen molar-refractivity contribution in [1.29, 1.82) is 0 Å². The third-order valence-electron chi connectivity index (χ3n) is 4.39. The van der Waals surface area contributed by atoms with Crippen molar-refractivity contribution < 1.29 is 4.74 Å². The second-order valence-corrected chi connectivity index (χ2v) is 6.81. The fourth-order valence-electron chi connectivity index (χ4n) is 3.20. The molecule has 0 bridgehead atoms. The molecule has 2 nitrogen and oxygen atoms in total. The third-order valence-corrected chi connectivity index (χ3v) is 4.64. The Kier molecular flexibility index (Phi) is 6.09. The molecule has 0 spiro atoms. The van der Waals surface area contributed by atoms with E-state index >= 15 is 0 Å². The van der Waals surface area contributed by atoms with Crippen LogP contribution in [0, 0.1) is 5.92 Å². The Morgan fingerprint density at radius 1 is 1.00 bits per heavy atom. The number of nitrogens with zero attached hydrogens (tertiary/aromatic N) is 1. The molecule has 1 aliphatic rings. The molecule has 1 heterocycles. The molecule has 0 radical (unpaired) electrons. The molecule has 2 aromatic rings. The lowest BCUT2D eigenvalue weighted by atomic mass is 9.98. The first-order valence-corrected chi connectivity index (χ1v) is 8.76. The molecule has 0 unspecified atom stereocenters. The summed E-state index contributed by atoms with van der Waals surface area (Å²) in [6, 6.07) is 18.6. The Labute approximate surface area is 144 Å². The molecule has 122 valence electrons. The van der Waals surface area contributed by atoms with Crippen molar-refractivity contribution in [3.05, 3.63) is 70.7 Å². The first-order valence-electron chi connectivity index (χ1n) is 8.38. The van der Waals surface area contributed by atoms with Gasteiger partial charge in [-0.2, -0.15) is 0 Å². The van der Waals surface area contributed by atoms with Gasteiger partial charge in [-0.05, 0) is 48.6 Å². The summed E-state index contributed by atoms with van der Waals surface area (Å²) in [7, 11) is 0. The summed E-state index contributed by atoms with van der Waals surface area (Å²) in [5.74, 6) is 0.639. The quantitative estimate of drug-likeness (QED) is 0.757. The van der Waals surface area contributed by atoms with Crippen molar-refractivity contribution in [3.63, 3.8) is 0 Å². The standard InChI is InChI=1S/C20H24ClNO/c21-20-10-8-17(9-11-20)13-22-12-4-7-19(14-22)16-23-15-18-5-2-1-3-6-18/h1-3,5-6,8-11,19H,4,7,12-16H2/t19-/m0/s1. The summed E-state index contributed by atoms with van der Waals surface area (Å²) < 4.78 is 5.93. The molecule has 1 saturated heterocycles. The summed E-state index contributed by atoms with van der Waals surface area (Å²) in [4.78, 5) is 2.53. The molecule has 0 saturated carbocycles. The van der Waals surface area contributed by atoms with E-state index in [0.717, 1.165) is 24.7 Å². The predicted octanol–water partition coefficient (Wildman–Crippen LogP) is 4.77. The number of ether oxygens (including phenoxy) is 1. The van der Waals surface area contributed by atoms with Crippen LogP contribution < -0.4 is 0 Å². The highest BCUT2D eigenvalue weighted by Crippen LogP contribution is 2.20. The van der Waals surface area contributed by atoms with Crippen LogP contribution in [0.25, 0.3) is 0 Å². The maximum absolute atomic E-state index is 5.96. The second kappa shape index (κ2) is 8.49. The number of hydrogen-bond acceptors (Lipinski definition) is 2. The van der Waals surface area contributed by atoms with E-state index in [-0.39, 0.29) is 0 Å². The number of piperidine rings is 1. The minimum atomic E-state index is 0.639. The van der Waals surface area contributed by atoms with Gasteiger partial charge in [0.1, 0.15) is 0 Å². The van der Waals surface area contributed by atoms with Crippen LogP contribution >= 0.6 is 11.6 Å². The highest BCUT2D eigenvalue weighted by atomic mass is 35.5. The summed E-state index contributed by atoms with van der Waals surface area (Å²) in [5, 5.41) is 0.805. The van der Waals surface area contributed by atoms with Crippen LogP contribution in [0.2, 0.25) is 5.02 Å². The Morgan fingerprint density at radius 3 is 2.57 bits per heavy atom. The average Bonchev–Trinajstić information content (AvgIpc) is 2.58. The number of likely N-dealkylation sites (tertiary alicyclic amines) is 1. The Bertz CT molecular complexity index is 584. The van der Waals surface area contributed by atoms with Crippen LogP contribution in [0.5, 0.6) is 0 Å². The maximum Gasteiger partial charge on any atom is 0.0717 e. The number of benzene rings is 2. The van der Waals surface area contributed by atoms with Crippen LogP contribution in [0.4, 0.5) is 0 Å². The Morgan fingerprint density at radius 2 is 1.78 bits per heavy atom. The normalized spacial score (nSPS) is 18.9. The highest BCUT2D eigenvalue weighted by molar-refractivity contribution is 6.30. The Hall–Kier alpha value is -1.35. The fraction of sp³-hybridized carbons (Fsp3) is 0.400. The highest BCUT2D eigenvalue weighted by Gasteiger charge is 2.20. The number of hydrogen-bond donors (Lipinski definition) is 0. The van der Waals surface area contributed by atoms with Crippen LogP contribution in [0.3, 0.4) is 0 Å². The van der Waals surface area contributed by atoms with Gasteiger partial charge in [0.2, 0.25) is 0 Å². The predicted molar refractivity (Wildman–Crippen MR) is 95.6 cm³/mol. The number of halogens is 1. The molecular formula is C20H24ClNO. The van der Waals surface area contributed by atoms with Gasteiger partial charge in [0.25, 0.3) is 0 Å². The molecule has 1 fully saturated rings. The van der Waals surface area contributed by atoms with Crippen LogP contribution in [0.1, 0.15) is 24.0 Å². The van der Waals surface area contributed by atoms with Gasteiger partial charge >= 0.3 is 0 Å². The van der Waals surface area contributed by atoms with Crippen molar-refractivity contribution in [2.24, 2.45) is 5.92 Å². The van der Waals surface area contributed by atoms with Gasteiger partial charge in [0.05, 0.1) is 13.2 Å². The summed E-state index contributed by atoms with van der Waals surface area (Å²) in [6.07, 6.45) is 2.53. The van der Waals surface area contributed by atoms with E-state index in [1.54, 1.807) is 0 Å². The lowest BCUT2D eigenvalue weighted by Gasteiger charge is -2.32. The van der Waals surface area contributed by atoms with Crippen molar-refractivity contribution in [2.45, 2.75) is 26.0 Å². The third kappa shape index (κ3) is 5.35. The van der Waals surface area contributed by atoms with Crippen molar-refractivity contribution in [2.75, 3.05) is 19.7 Å². The van der Waals surface area contributed by atoms with Crippen molar-refractivity contribution in [3.8, 4) is 0 Å². The minimum absolute atomic E-state index is 0.639. The smallest absolute Gasteiger partial charge is 0.0717 e. The van der Waals surface area contributed by atoms with Crippen LogP contribution in [-0.4, -0.2) is 24.6 Å². The van der Waals surface area contributed by atoms with E-state index < -0.39 is 0 Å². The van der Waals surface area contributed by atoms with E-state index in [4.69, 9.17) is 16.3 Å². The van der Waals surface area contributed by atoms with E-state index in [1.165, 1.54) is 30.5 Å². The molecule has 0 aromatic heterocycles. The molecule has 2 aromatic carbocycles. The zero-order valence-corrected chi connectivity index (χ0v) is 14.2. The number of rotatable bonds is 6. The largest absolute Gasteiger partial charge is 0.376 e. The molecule has 0 amide bonds. The van der Waals surface area contributed by atoms with Gasteiger partial charge in [-0.1, -0.05) is 54.1 Å². The van der Waals surface area contributed by atoms with E-state index in [0.29, 0.717) is 12.5 Å². The van der Waals surface area contributed by atoms with E-state index in [1.807, 2.05) is 18.2 Å². The molecular weight excluding hydrogens is 306 g/mol. The molecule has 23 heavy (non-hydrogen) atoms. The minimum Gasteiger partial charge on any atom is -0.376 e. The maximum atomic E-state index is 5.96. The zero-order valence-electron chi connectivity index (χ0n) is 13.5. The molecule has 1 aliphatic heterocycles. The molecule has 0 aliphatic carbocycles. The van der Waals surface area contributed by atoms with Crippen molar-refractivity contribution in [1.82, 2.24) is 4.90 Å². The van der Waals surface area contributed by atoms with Gasteiger partial charge in [-0.15, -0.1) is 0 Å². The lowest BCUT2D eigenvalue weighted by Crippen LogP contribution is -2.36. The lowest BCUT2D eigenvalue weighted by molar-refractivity contribution is 0.0497. The SMILES string of the molecule is Clc1ccc(CN2CCC[C@H](COCc3ccccc3)C2)cc1. The summed E-state index contributed by atoms with van der Waals surface area (Å²) in [6.45, 7) is 4.88. The molecule has 1 atom stereocenters.